The molecule has 138 valence electrons. The molecule has 0 saturated heterocycles. The number of nitrogens with zero attached hydrogens (tertiary/aromatic N) is 4. The predicted molar refractivity (Wildman–Crippen MR) is 99.1 cm³/mol. The largest absolute Gasteiger partial charge is 0.438 e. The maximum atomic E-state index is 10.9. The summed E-state index contributed by atoms with van der Waals surface area (Å²) >= 11 is 0. The van der Waals surface area contributed by atoms with Gasteiger partial charge in [0.25, 0.3) is 0 Å². The minimum Gasteiger partial charge on any atom is -0.438 e. The molecule has 2 N–H and O–H groups in total. The van der Waals surface area contributed by atoms with Crippen molar-refractivity contribution in [1.29, 1.82) is 0 Å². The maximum Gasteiger partial charge on any atom is 0.221 e. The van der Waals surface area contributed by atoms with Crippen molar-refractivity contribution in [3.8, 4) is 0 Å². The number of nitrogens with two attached hydrogens (primary N) is 1. The van der Waals surface area contributed by atoms with E-state index < -0.39 is 0 Å². The number of aromatic nitrogens is 1. The van der Waals surface area contributed by atoms with Crippen molar-refractivity contribution in [3.05, 3.63) is 41.4 Å². The van der Waals surface area contributed by atoms with Crippen LogP contribution in [0.3, 0.4) is 0 Å². The average molecular weight is 355 g/mol. The highest BCUT2D eigenvalue weighted by Gasteiger charge is 2.31. The van der Waals surface area contributed by atoms with E-state index in [1.54, 1.807) is 6.08 Å². The molecule has 7 heteroatoms. The summed E-state index contributed by atoms with van der Waals surface area (Å²) in [4.78, 5) is 15.7. The monoisotopic (exact) mass is 355 g/mol. The lowest BCUT2D eigenvalue weighted by atomic mass is 10.0. The number of carbonyl (C=O) groups is 1. The van der Waals surface area contributed by atoms with E-state index in [2.05, 4.69) is 50.2 Å². The molecule has 0 bridgehead atoms. The third-order valence-electron chi connectivity index (χ3n) is 4.45. The summed E-state index contributed by atoms with van der Waals surface area (Å²) in [5.74, 6) is 0.908. The Labute approximate surface area is 152 Å². The molecular weight excluding hydrogens is 330 g/mol. The molecule has 26 heavy (non-hydrogen) atoms. The highest BCUT2D eigenvalue weighted by molar-refractivity contribution is 5.75. The van der Waals surface area contributed by atoms with Gasteiger partial charge in [-0.2, -0.15) is 0 Å². The van der Waals surface area contributed by atoms with Gasteiger partial charge in [-0.05, 0) is 35.6 Å². The first-order valence-corrected chi connectivity index (χ1v) is 8.91. The van der Waals surface area contributed by atoms with Gasteiger partial charge in [0.2, 0.25) is 11.8 Å². The van der Waals surface area contributed by atoms with E-state index in [4.69, 9.17) is 15.1 Å². The fourth-order valence-corrected chi connectivity index (χ4v) is 3.03. The zero-order valence-electron chi connectivity index (χ0n) is 15.6. The van der Waals surface area contributed by atoms with E-state index in [1.165, 1.54) is 5.56 Å². The third kappa shape index (κ3) is 3.76. The van der Waals surface area contributed by atoms with E-state index in [0.29, 0.717) is 18.4 Å². The van der Waals surface area contributed by atoms with Crippen LogP contribution in [0, 0.1) is 5.92 Å². The molecule has 1 unspecified atom stereocenters. The molecule has 1 aromatic heterocycles. The molecule has 0 fully saturated rings. The van der Waals surface area contributed by atoms with Crippen LogP contribution in [-0.2, 0) is 4.79 Å². The van der Waals surface area contributed by atoms with Gasteiger partial charge in [0, 0.05) is 6.42 Å². The molecular formula is C19H25N5O2. The summed E-state index contributed by atoms with van der Waals surface area (Å²) in [7, 11) is 0. The number of carbonyl (C=O) groups excluding carboxylic acids is 1. The number of hydrogen-bond donors (Lipinski definition) is 1. The minimum atomic E-state index is -0.383. The zero-order chi connectivity index (χ0) is 18.8. The Morgan fingerprint density at radius 1 is 1.35 bits per heavy atom. The summed E-state index contributed by atoms with van der Waals surface area (Å²) in [6.07, 6.45) is 1.87. The van der Waals surface area contributed by atoms with Gasteiger partial charge >= 0.3 is 0 Å². The minimum absolute atomic E-state index is 0.131. The third-order valence-corrected chi connectivity index (χ3v) is 4.45. The summed E-state index contributed by atoms with van der Waals surface area (Å²) in [6.45, 7) is 9.01. The Kier molecular flexibility index (Phi) is 5.06. The quantitative estimate of drug-likeness (QED) is 0.844. The van der Waals surface area contributed by atoms with Crippen molar-refractivity contribution < 1.29 is 9.21 Å². The molecule has 0 aliphatic carbocycles. The lowest BCUT2D eigenvalue weighted by Crippen LogP contribution is -2.26. The van der Waals surface area contributed by atoms with Crippen LogP contribution < -0.4 is 5.73 Å². The van der Waals surface area contributed by atoms with Crippen molar-refractivity contribution in [3.63, 3.8) is 0 Å². The van der Waals surface area contributed by atoms with E-state index >= 15 is 0 Å². The predicted octanol–water partition coefficient (Wildman–Crippen LogP) is 4.09. The normalized spacial score (nSPS) is 17.2. The number of amides is 1. The van der Waals surface area contributed by atoms with Gasteiger partial charge in [-0.25, -0.2) is 4.98 Å². The standard InChI is InChI=1S/C19H25N5O2/c1-11(2)13-5-7-16-15(9-13)21-19(26-16)18(12(3)4)24-10-14(22-23-24)6-8-17(20)25/h5-7,9,11-12,18H,8,10H2,1-4H3,(H2,20,25)/b14-6-. The number of oxazole rings is 1. The maximum absolute atomic E-state index is 10.9. The van der Waals surface area contributed by atoms with Crippen molar-refractivity contribution in [1.82, 2.24) is 9.99 Å². The number of benzene rings is 1. The Bertz CT molecular complexity index is 866. The molecule has 0 spiro atoms. The van der Waals surface area contributed by atoms with Crippen LogP contribution in [0.1, 0.15) is 57.5 Å². The number of primary amides is 1. The molecule has 1 aromatic carbocycles. The van der Waals surface area contributed by atoms with Gasteiger partial charge < -0.3 is 10.2 Å². The van der Waals surface area contributed by atoms with Crippen LogP contribution in [0.4, 0.5) is 0 Å². The van der Waals surface area contributed by atoms with E-state index in [1.807, 2.05) is 11.1 Å². The second-order valence-electron chi connectivity index (χ2n) is 7.28. The Balaban J connectivity index is 1.87. The molecule has 0 saturated carbocycles. The van der Waals surface area contributed by atoms with Crippen LogP contribution in [-0.4, -0.2) is 22.4 Å². The Morgan fingerprint density at radius 3 is 2.77 bits per heavy atom. The summed E-state index contributed by atoms with van der Waals surface area (Å²) in [5.41, 5.74) is 8.78. The smallest absolute Gasteiger partial charge is 0.221 e. The summed E-state index contributed by atoms with van der Waals surface area (Å²) in [5, 5.41) is 10.2. The first kappa shape index (κ1) is 18.1. The van der Waals surface area contributed by atoms with Crippen LogP contribution in [0.25, 0.3) is 11.1 Å². The number of hydrogen-bond acceptors (Lipinski definition) is 6. The molecule has 1 amide bonds. The highest BCUT2D eigenvalue weighted by Crippen LogP contribution is 2.34. The van der Waals surface area contributed by atoms with Gasteiger partial charge in [0.1, 0.15) is 11.6 Å². The summed E-state index contributed by atoms with van der Waals surface area (Å²) < 4.78 is 6.02. The first-order chi connectivity index (χ1) is 12.3. The fraction of sp³-hybridized carbons (Fsp3) is 0.474. The lowest BCUT2D eigenvalue weighted by molar-refractivity contribution is -0.117. The van der Waals surface area contributed by atoms with Gasteiger partial charge in [-0.15, -0.1) is 5.11 Å². The SMILES string of the molecule is CC(C)c1ccc2oc(C(C(C)C)N3C/C(=C/CC(N)=O)N=N3)nc2c1. The summed E-state index contributed by atoms with van der Waals surface area (Å²) in [6, 6.07) is 6.00. The van der Waals surface area contributed by atoms with E-state index in [9.17, 15) is 4.79 Å². The molecule has 7 nitrogen and oxygen atoms in total. The Hall–Kier alpha value is -2.70. The second kappa shape index (κ2) is 7.27. The van der Waals surface area contributed by atoms with Crippen molar-refractivity contribution in [2.45, 2.75) is 46.1 Å². The topological polar surface area (TPSA) is 97.1 Å². The molecule has 1 atom stereocenters. The molecule has 1 aliphatic heterocycles. The molecule has 1 aliphatic rings. The molecule has 3 rings (SSSR count). The van der Waals surface area contributed by atoms with Gasteiger partial charge in [0.15, 0.2) is 5.58 Å². The first-order valence-electron chi connectivity index (χ1n) is 8.91. The number of rotatable bonds is 6. The van der Waals surface area contributed by atoms with E-state index in [-0.39, 0.29) is 24.3 Å². The highest BCUT2D eigenvalue weighted by atomic mass is 16.4. The van der Waals surface area contributed by atoms with Crippen molar-refractivity contribution in [2.75, 3.05) is 6.54 Å². The molecule has 0 radical (unpaired) electrons. The second-order valence-corrected chi connectivity index (χ2v) is 7.28. The van der Waals surface area contributed by atoms with Gasteiger partial charge in [-0.1, -0.05) is 39.0 Å². The van der Waals surface area contributed by atoms with Crippen LogP contribution in [0.15, 0.2) is 44.7 Å². The van der Waals surface area contributed by atoms with Gasteiger partial charge in [-0.3, -0.25) is 9.80 Å². The average Bonchev–Trinajstić information content (AvgIpc) is 3.18. The van der Waals surface area contributed by atoms with Crippen LogP contribution >= 0.6 is 0 Å². The van der Waals surface area contributed by atoms with Crippen LogP contribution in [0.5, 0.6) is 0 Å². The van der Waals surface area contributed by atoms with E-state index in [0.717, 1.165) is 16.8 Å². The van der Waals surface area contributed by atoms with Crippen LogP contribution in [0.2, 0.25) is 0 Å². The molecule has 2 aromatic rings. The molecule has 2 heterocycles. The van der Waals surface area contributed by atoms with Crippen molar-refractivity contribution >= 4 is 17.0 Å². The van der Waals surface area contributed by atoms with Crippen molar-refractivity contribution in [2.24, 2.45) is 22.0 Å². The fourth-order valence-electron chi connectivity index (χ4n) is 3.03. The number of fused-ring (bicyclic) bond motifs is 1. The zero-order valence-corrected chi connectivity index (χ0v) is 15.6. The lowest BCUT2D eigenvalue weighted by Gasteiger charge is -2.25. The van der Waals surface area contributed by atoms with Gasteiger partial charge in [0.05, 0.1) is 12.2 Å². The Morgan fingerprint density at radius 2 is 2.12 bits per heavy atom.